The molecule has 90 valence electrons. The summed E-state index contributed by atoms with van der Waals surface area (Å²) < 4.78 is 1.13. The van der Waals surface area contributed by atoms with E-state index in [1.165, 1.54) is 11.1 Å². The van der Waals surface area contributed by atoms with E-state index < -0.39 is 0 Å². The lowest BCUT2D eigenvalue weighted by Gasteiger charge is -2.29. The van der Waals surface area contributed by atoms with Crippen molar-refractivity contribution in [1.29, 1.82) is 0 Å². The first kappa shape index (κ1) is 13.7. The Morgan fingerprint density at radius 2 is 2.00 bits per heavy atom. The predicted octanol–water partition coefficient (Wildman–Crippen LogP) is 2.99. The Morgan fingerprint density at radius 3 is 2.44 bits per heavy atom. The zero-order valence-corrected chi connectivity index (χ0v) is 12.0. The number of halogens is 1. The normalized spacial score (nSPS) is 15.2. The molecule has 0 bridgehead atoms. The number of benzene rings is 1. The van der Waals surface area contributed by atoms with Gasteiger partial charge in [-0.3, -0.25) is 0 Å². The molecule has 3 heteroatoms. The molecule has 1 aromatic carbocycles. The summed E-state index contributed by atoms with van der Waals surface area (Å²) >= 11 is 3.55. The summed E-state index contributed by atoms with van der Waals surface area (Å²) in [6.07, 6.45) is 0. The van der Waals surface area contributed by atoms with Gasteiger partial charge < -0.3 is 10.0 Å². The van der Waals surface area contributed by atoms with Crippen LogP contribution in [0.1, 0.15) is 24.1 Å². The molecule has 0 aliphatic rings. The van der Waals surface area contributed by atoms with Gasteiger partial charge in [0.2, 0.25) is 0 Å². The Bertz CT molecular complexity index is 352. The summed E-state index contributed by atoms with van der Waals surface area (Å²) in [6, 6.07) is 6.64. The minimum absolute atomic E-state index is 0.203. The first-order valence-electron chi connectivity index (χ1n) is 5.50. The van der Waals surface area contributed by atoms with Crippen molar-refractivity contribution in [2.45, 2.75) is 19.9 Å². The second-order valence-electron chi connectivity index (χ2n) is 4.58. The highest BCUT2D eigenvalue weighted by Gasteiger charge is 2.21. The van der Waals surface area contributed by atoms with Gasteiger partial charge in [0.25, 0.3) is 0 Å². The summed E-state index contributed by atoms with van der Waals surface area (Å²) in [6.45, 7) is 4.35. The topological polar surface area (TPSA) is 23.5 Å². The standard InChI is InChI=1S/C13H20BrNO/c1-9-5-6-11(7-12(9)14)13(15(3)4)10(2)8-16/h5-7,10,13,16H,8H2,1-4H3. The predicted molar refractivity (Wildman–Crippen MR) is 71.6 cm³/mol. The van der Waals surface area contributed by atoms with E-state index in [1.54, 1.807) is 0 Å². The van der Waals surface area contributed by atoms with Gasteiger partial charge in [0, 0.05) is 17.1 Å². The Labute approximate surface area is 106 Å². The maximum Gasteiger partial charge on any atom is 0.0474 e. The number of hydrogen-bond acceptors (Lipinski definition) is 2. The Kier molecular flexibility index (Phi) is 4.96. The molecule has 0 saturated heterocycles. The first-order valence-corrected chi connectivity index (χ1v) is 6.30. The van der Waals surface area contributed by atoms with Gasteiger partial charge in [-0.2, -0.15) is 0 Å². The number of aryl methyl sites for hydroxylation is 1. The van der Waals surface area contributed by atoms with E-state index in [2.05, 4.69) is 52.9 Å². The molecule has 0 radical (unpaired) electrons. The van der Waals surface area contributed by atoms with E-state index in [-0.39, 0.29) is 18.6 Å². The van der Waals surface area contributed by atoms with Crippen molar-refractivity contribution in [3.8, 4) is 0 Å². The molecule has 0 aliphatic heterocycles. The smallest absolute Gasteiger partial charge is 0.0474 e. The Morgan fingerprint density at radius 1 is 1.38 bits per heavy atom. The van der Waals surface area contributed by atoms with Crippen molar-refractivity contribution in [2.75, 3.05) is 20.7 Å². The number of rotatable bonds is 4. The molecule has 1 rings (SSSR count). The summed E-state index contributed by atoms with van der Waals surface area (Å²) in [5, 5.41) is 9.30. The van der Waals surface area contributed by atoms with Crippen LogP contribution in [0.15, 0.2) is 22.7 Å². The lowest BCUT2D eigenvalue weighted by Crippen LogP contribution is -2.27. The van der Waals surface area contributed by atoms with E-state index >= 15 is 0 Å². The highest BCUT2D eigenvalue weighted by molar-refractivity contribution is 9.10. The fourth-order valence-corrected chi connectivity index (χ4v) is 2.43. The van der Waals surface area contributed by atoms with Crippen LogP contribution in [0, 0.1) is 12.8 Å². The molecular formula is C13H20BrNO. The van der Waals surface area contributed by atoms with Crippen molar-refractivity contribution < 1.29 is 5.11 Å². The van der Waals surface area contributed by atoms with Gasteiger partial charge in [-0.05, 0) is 44.1 Å². The van der Waals surface area contributed by atoms with Crippen LogP contribution in [0.5, 0.6) is 0 Å². The largest absolute Gasteiger partial charge is 0.396 e. The zero-order chi connectivity index (χ0) is 12.3. The molecule has 1 aromatic rings. The van der Waals surface area contributed by atoms with Gasteiger partial charge in [0.15, 0.2) is 0 Å². The maximum absolute atomic E-state index is 9.30. The third-order valence-electron chi connectivity index (χ3n) is 2.92. The fourth-order valence-electron chi connectivity index (χ4n) is 2.03. The number of nitrogens with zero attached hydrogens (tertiary/aromatic N) is 1. The molecule has 0 heterocycles. The highest BCUT2D eigenvalue weighted by atomic mass is 79.9. The third kappa shape index (κ3) is 3.06. The summed E-state index contributed by atoms with van der Waals surface area (Å²) in [5.74, 6) is 0.226. The van der Waals surface area contributed by atoms with Crippen molar-refractivity contribution in [3.63, 3.8) is 0 Å². The lowest BCUT2D eigenvalue weighted by molar-refractivity contribution is 0.145. The minimum atomic E-state index is 0.203. The van der Waals surface area contributed by atoms with Crippen molar-refractivity contribution in [3.05, 3.63) is 33.8 Å². The van der Waals surface area contributed by atoms with Crippen LogP contribution in [0.3, 0.4) is 0 Å². The van der Waals surface area contributed by atoms with E-state index in [0.717, 1.165) is 4.47 Å². The number of aliphatic hydroxyl groups excluding tert-OH is 1. The molecule has 0 aromatic heterocycles. The molecule has 2 nitrogen and oxygen atoms in total. The van der Waals surface area contributed by atoms with E-state index in [1.807, 2.05) is 14.1 Å². The van der Waals surface area contributed by atoms with Gasteiger partial charge >= 0.3 is 0 Å². The summed E-state index contributed by atoms with van der Waals surface area (Å²) in [4.78, 5) is 2.15. The van der Waals surface area contributed by atoms with E-state index in [0.29, 0.717) is 0 Å². The van der Waals surface area contributed by atoms with Crippen LogP contribution in [0.2, 0.25) is 0 Å². The van der Waals surface area contributed by atoms with Gasteiger partial charge in [-0.15, -0.1) is 0 Å². The van der Waals surface area contributed by atoms with Crippen LogP contribution in [0.4, 0.5) is 0 Å². The minimum Gasteiger partial charge on any atom is -0.396 e. The monoisotopic (exact) mass is 285 g/mol. The Hall–Kier alpha value is -0.380. The Balaban J connectivity index is 3.06. The van der Waals surface area contributed by atoms with Crippen LogP contribution in [-0.2, 0) is 0 Å². The average molecular weight is 286 g/mol. The highest BCUT2D eigenvalue weighted by Crippen LogP contribution is 2.29. The fraction of sp³-hybridized carbons (Fsp3) is 0.538. The third-order valence-corrected chi connectivity index (χ3v) is 3.78. The molecule has 0 saturated carbocycles. The van der Waals surface area contributed by atoms with Crippen molar-refractivity contribution >= 4 is 15.9 Å². The molecular weight excluding hydrogens is 266 g/mol. The first-order chi connectivity index (χ1) is 7.47. The van der Waals surface area contributed by atoms with Gasteiger partial charge in [-0.1, -0.05) is 35.0 Å². The SMILES string of the molecule is Cc1ccc(C(C(C)CO)N(C)C)cc1Br. The molecule has 0 amide bonds. The molecule has 1 N–H and O–H groups in total. The van der Waals surface area contributed by atoms with Crippen molar-refractivity contribution in [2.24, 2.45) is 5.92 Å². The molecule has 0 fully saturated rings. The van der Waals surface area contributed by atoms with Crippen LogP contribution in [0.25, 0.3) is 0 Å². The molecule has 2 atom stereocenters. The van der Waals surface area contributed by atoms with Crippen LogP contribution in [-0.4, -0.2) is 30.7 Å². The average Bonchev–Trinajstić information content (AvgIpc) is 2.22. The molecule has 16 heavy (non-hydrogen) atoms. The quantitative estimate of drug-likeness (QED) is 0.919. The zero-order valence-electron chi connectivity index (χ0n) is 10.4. The van der Waals surface area contributed by atoms with Gasteiger partial charge in [-0.25, -0.2) is 0 Å². The lowest BCUT2D eigenvalue weighted by atomic mass is 9.93. The van der Waals surface area contributed by atoms with Gasteiger partial charge in [0.05, 0.1) is 0 Å². The second kappa shape index (κ2) is 5.80. The maximum atomic E-state index is 9.30. The molecule has 2 unspecified atom stereocenters. The van der Waals surface area contributed by atoms with Crippen molar-refractivity contribution in [1.82, 2.24) is 4.90 Å². The van der Waals surface area contributed by atoms with E-state index in [4.69, 9.17) is 0 Å². The number of aliphatic hydroxyl groups is 1. The van der Waals surface area contributed by atoms with E-state index in [9.17, 15) is 5.11 Å². The molecule has 0 spiro atoms. The van der Waals surface area contributed by atoms with Crippen LogP contribution >= 0.6 is 15.9 Å². The number of hydrogen-bond donors (Lipinski definition) is 1. The van der Waals surface area contributed by atoms with Gasteiger partial charge in [0.1, 0.15) is 0 Å². The second-order valence-corrected chi connectivity index (χ2v) is 5.43. The summed E-state index contributed by atoms with van der Waals surface area (Å²) in [5.41, 5.74) is 2.47. The molecule has 0 aliphatic carbocycles. The van der Waals surface area contributed by atoms with Crippen LogP contribution < -0.4 is 0 Å². The summed E-state index contributed by atoms with van der Waals surface area (Å²) in [7, 11) is 4.09.